The monoisotopic (exact) mass is 248 g/mol. The van der Waals surface area contributed by atoms with E-state index in [0.717, 1.165) is 32.3 Å². The van der Waals surface area contributed by atoms with Crippen molar-refractivity contribution in [1.29, 1.82) is 0 Å². The highest BCUT2D eigenvalue weighted by Crippen LogP contribution is 2.19. The third kappa shape index (κ3) is 4.43. The molecule has 1 fully saturated rings. The topological polar surface area (TPSA) is 18.5 Å². The molecule has 0 spiro atoms. The zero-order chi connectivity index (χ0) is 12.6. The summed E-state index contributed by atoms with van der Waals surface area (Å²) in [6.07, 6.45) is 7.04. The molecule has 0 radical (unpaired) electrons. The van der Waals surface area contributed by atoms with Gasteiger partial charge >= 0.3 is 0 Å². The van der Waals surface area contributed by atoms with Crippen LogP contribution in [0, 0.1) is 0 Å². The van der Waals surface area contributed by atoms with E-state index in [1.165, 1.54) is 18.4 Å². The molecule has 1 heterocycles. The van der Waals surface area contributed by atoms with Crippen LogP contribution in [-0.4, -0.2) is 19.0 Å². The van der Waals surface area contributed by atoms with Crippen molar-refractivity contribution in [2.75, 3.05) is 6.61 Å². The van der Waals surface area contributed by atoms with E-state index < -0.39 is 0 Å². The van der Waals surface area contributed by atoms with E-state index in [4.69, 9.17) is 9.47 Å². The van der Waals surface area contributed by atoms with Crippen molar-refractivity contribution in [3.05, 3.63) is 35.9 Å². The highest BCUT2D eigenvalue weighted by Gasteiger charge is 2.19. The highest BCUT2D eigenvalue weighted by molar-refractivity contribution is 5.15. The maximum atomic E-state index is 6.11. The first-order chi connectivity index (χ1) is 8.88. The Balaban J connectivity index is 1.86. The SMILES string of the molecule is CCCC(Cc1ccccc1)OC1CCCCO1. The van der Waals surface area contributed by atoms with Gasteiger partial charge in [0.15, 0.2) is 6.29 Å². The lowest BCUT2D eigenvalue weighted by atomic mass is 10.0. The van der Waals surface area contributed by atoms with Gasteiger partial charge in [0, 0.05) is 6.61 Å². The van der Waals surface area contributed by atoms with Crippen LogP contribution in [0.5, 0.6) is 0 Å². The van der Waals surface area contributed by atoms with Crippen molar-refractivity contribution >= 4 is 0 Å². The molecular weight excluding hydrogens is 224 g/mol. The average molecular weight is 248 g/mol. The molecule has 1 aromatic rings. The summed E-state index contributed by atoms with van der Waals surface area (Å²) in [4.78, 5) is 0. The minimum Gasteiger partial charge on any atom is -0.353 e. The molecule has 2 heteroatoms. The third-order valence-corrected chi connectivity index (χ3v) is 3.40. The van der Waals surface area contributed by atoms with Gasteiger partial charge in [-0.25, -0.2) is 0 Å². The van der Waals surface area contributed by atoms with E-state index in [1.54, 1.807) is 0 Å². The van der Waals surface area contributed by atoms with Gasteiger partial charge in [-0.1, -0.05) is 43.7 Å². The van der Waals surface area contributed by atoms with Gasteiger partial charge < -0.3 is 9.47 Å². The fourth-order valence-corrected chi connectivity index (χ4v) is 2.45. The first-order valence-electron chi connectivity index (χ1n) is 7.19. The normalized spacial score (nSPS) is 21.7. The molecule has 0 N–H and O–H groups in total. The summed E-state index contributed by atoms with van der Waals surface area (Å²) in [5.41, 5.74) is 1.35. The summed E-state index contributed by atoms with van der Waals surface area (Å²) in [7, 11) is 0. The molecule has 2 unspecified atom stereocenters. The number of hydrogen-bond donors (Lipinski definition) is 0. The molecule has 1 aliphatic heterocycles. The van der Waals surface area contributed by atoms with Crippen molar-refractivity contribution in [2.45, 2.75) is 57.8 Å². The molecule has 1 aliphatic rings. The van der Waals surface area contributed by atoms with E-state index in [0.29, 0.717) is 6.10 Å². The molecule has 0 amide bonds. The van der Waals surface area contributed by atoms with Gasteiger partial charge in [0.05, 0.1) is 6.10 Å². The van der Waals surface area contributed by atoms with Gasteiger partial charge in [-0.3, -0.25) is 0 Å². The van der Waals surface area contributed by atoms with Crippen LogP contribution < -0.4 is 0 Å². The Morgan fingerprint density at radius 3 is 2.78 bits per heavy atom. The Labute approximate surface area is 110 Å². The van der Waals surface area contributed by atoms with Gasteiger partial charge in [0.25, 0.3) is 0 Å². The molecule has 18 heavy (non-hydrogen) atoms. The highest BCUT2D eigenvalue weighted by atomic mass is 16.7. The van der Waals surface area contributed by atoms with Crippen molar-refractivity contribution in [2.24, 2.45) is 0 Å². The molecule has 0 aromatic heterocycles. The molecule has 2 rings (SSSR count). The molecule has 100 valence electrons. The first-order valence-corrected chi connectivity index (χ1v) is 7.19. The standard InChI is InChI=1S/C16H24O2/c1-2-8-15(13-14-9-4-3-5-10-14)18-16-11-6-7-12-17-16/h3-5,9-10,15-16H,2,6-8,11-13H2,1H3. The number of rotatable bonds is 6. The summed E-state index contributed by atoms with van der Waals surface area (Å²) in [5.74, 6) is 0. The summed E-state index contributed by atoms with van der Waals surface area (Å²) >= 11 is 0. The zero-order valence-electron chi connectivity index (χ0n) is 11.3. The van der Waals surface area contributed by atoms with Gasteiger partial charge in [0.1, 0.15) is 0 Å². The van der Waals surface area contributed by atoms with Crippen LogP contribution in [-0.2, 0) is 15.9 Å². The van der Waals surface area contributed by atoms with E-state index in [9.17, 15) is 0 Å². The van der Waals surface area contributed by atoms with Crippen LogP contribution >= 0.6 is 0 Å². The summed E-state index contributed by atoms with van der Waals surface area (Å²) < 4.78 is 11.8. The fourth-order valence-electron chi connectivity index (χ4n) is 2.45. The first kappa shape index (κ1) is 13.6. The quantitative estimate of drug-likeness (QED) is 0.759. The number of hydrogen-bond acceptors (Lipinski definition) is 2. The number of benzene rings is 1. The summed E-state index contributed by atoms with van der Waals surface area (Å²) in [5, 5.41) is 0. The second-order valence-corrected chi connectivity index (χ2v) is 5.03. The fraction of sp³-hybridized carbons (Fsp3) is 0.625. The predicted octanol–water partition coefficient (Wildman–Crippen LogP) is 3.94. The summed E-state index contributed by atoms with van der Waals surface area (Å²) in [6.45, 7) is 3.07. The van der Waals surface area contributed by atoms with Crippen LogP contribution in [0.15, 0.2) is 30.3 Å². The number of ether oxygens (including phenoxy) is 2. The van der Waals surface area contributed by atoms with Gasteiger partial charge in [-0.2, -0.15) is 0 Å². The smallest absolute Gasteiger partial charge is 0.157 e. The lowest BCUT2D eigenvalue weighted by Crippen LogP contribution is -2.29. The van der Waals surface area contributed by atoms with Crippen molar-refractivity contribution < 1.29 is 9.47 Å². The Hall–Kier alpha value is -0.860. The molecular formula is C16H24O2. The Bertz CT molecular complexity index is 317. The van der Waals surface area contributed by atoms with Crippen LogP contribution in [0.3, 0.4) is 0 Å². The van der Waals surface area contributed by atoms with Crippen molar-refractivity contribution in [1.82, 2.24) is 0 Å². The predicted molar refractivity (Wildman–Crippen MR) is 73.5 cm³/mol. The van der Waals surface area contributed by atoms with Crippen molar-refractivity contribution in [3.63, 3.8) is 0 Å². The molecule has 0 saturated carbocycles. The lowest BCUT2D eigenvalue weighted by Gasteiger charge is -2.27. The van der Waals surface area contributed by atoms with Gasteiger partial charge in [-0.05, 0) is 37.7 Å². The molecule has 0 aliphatic carbocycles. The average Bonchev–Trinajstić information content (AvgIpc) is 2.41. The maximum absolute atomic E-state index is 6.11. The van der Waals surface area contributed by atoms with E-state index in [1.807, 2.05) is 0 Å². The molecule has 0 bridgehead atoms. The molecule has 2 atom stereocenters. The molecule has 2 nitrogen and oxygen atoms in total. The minimum atomic E-state index is 0.0269. The molecule has 1 aromatic carbocycles. The van der Waals surface area contributed by atoms with Crippen LogP contribution in [0.2, 0.25) is 0 Å². The molecule has 1 saturated heterocycles. The second kappa shape index (κ2) is 7.55. The Morgan fingerprint density at radius 2 is 2.11 bits per heavy atom. The van der Waals surface area contributed by atoms with E-state index >= 15 is 0 Å². The zero-order valence-corrected chi connectivity index (χ0v) is 11.3. The lowest BCUT2D eigenvalue weighted by molar-refractivity contribution is -0.188. The second-order valence-electron chi connectivity index (χ2n) is 5.03. The van der Waals surface area contributed by atoms with Gasteiger partial charge in [0.2, 0.25) is 0 Å². The minimum absolute atomic E-state index is 0.0269. The van der Waals surface area contributed by atoms with Crippen LogP contribution in [0.25, 0.3) is 0 Å². The Kier molecular flexibility index (Phi) is 5.69. The van der Waals surface area contributed by atoms with Crippen molar-refractivity contribution in [3.8, 4) is 0 Å². The third-order valence-electron chi connectivity index (χ3n) is 3.40. The van der Waals surface area contributed by atoms with Gasteiger partial charge in [-0.15, -0.1) is 0 Å². The summed E-state index contributed by atoms with van der Waals surface area (Å²) in [6, 6.07) is 10.6. The van der Waals surface area contributed by atoms with E-state index in [-0.39, 0.29) is 6.29 Å². The van der Waals surface area contributed by atoms with Crippen LogP contribution in [0.4, 0.5) is 0 Å². The maximum Gasteiger partial charge on any atom is 0.157 e. The Morgan fingerprint density at radius 1 is 1.28 bits per heavy atom. The van der Waals surface area contributed by atoms with E-state index in [2.05, 4.69) is 37.3 Å². The largest absolute Gasteiger partial charge is 0.353 e. The van der Waals surface area contributed by atoms with Crippen LogP contribution in [0.1, 0.15) is 44.6 Å².